The summed E-state index contributed by atoms with van der Waals surface area (Å²) in [6.07, 6.45) is 1.72. The molecule has 0 fully saturated rings. The van der Waals surface area contributed by atoms with Crippen LogP contribution >= 0.6 is 11.6 Å². The highest BCUT2D eigenvalue weighted by Gasteiger charge is 2.22. The average molecular weight is 392 g/mol. The summed E-state index contributed by atoms with van der Waals surface area (Å²) in [4.78, 5) is 2.01. The first-order chi connectivity index (χ1) is 13.4. The van der Waals surface area contributed by atoms with Gasteiger partial charge >= 0.3 is 0 Å². The maximum absolute atomic E-state index is 10.2. The maximum Gasteiger partial charge on any atom is 0.136 e. The lowest BCUT2D eigenvalue weighted by atomic mass is 9.87. The number of phenols is 1. The summed E-state index contributed by atoms with van der Waals surface area (Å²) in [5.41, 5.74) is 4.60. The normalized spacial score (nSPS) is 11.7. The minimum Gasteiger partial charge on any atom is -0.506 e. The fraction of sp³-hybridized carbons (Fsp3) is 0.167. The number of fused-ring (bicyclic) bond motifs is 1. The van der Waals surface area contributed by atoms with Crippen molar-refractivity contribution < 1.29 is 9.52 Å². The van der Waals surface area contributed by atoms with Crippen molar-refractivity contribution in [2.45, 2.75) is 26.2 Å². The maximum atomic E-state index is 10.2. The minimum atomic E-state index is 0.0447. The Morgan fingerprint density at radius 2 is 1.57 bits per heavy atom. The van der Waals surface area contributed by atoms with E-state index in [4.69, 9.17) is 16.0 Å². The van der Waals surface area contributed by atoms with E-state index in [1.54, 1.807) is 18.4 Å². The van der Waals surface area contributed by atoms with Gasteiger partial charge in [-0.2, -0.15) is 0 Å². The van der Waals surface area contributed by atoms with Crippen molar-refractivity contribution in [3.05, 3.63) is 83.6 Å². The number of para-hydroxylation sites is 1. The number of hydrogen-bond acceptors (Lipinski definition) is 3. The molecule has 0 bridgehead atoms. The molecule has 4 aromatic rings. The van der Waals surface area contributed by atoms with E-state index in [2.05, 4.69) is 45.0 Å². The van der Waals surface area contributed by atoms with Crippen molar-refractivity contribution in [2.75, 3.05) is 4.90 Å². The van der Waals surface area contributed by atoms with Crippen LogP contribution in [0, 0.1) is 0 Å². The number of furan rings is 1. The van der Waals surface area contributed by atoms with Crippen LogP contribution in [0.5, 0.6) is 5.75 Å². The van der Waals surface area contributed by atoms with E-state index in [0.717, 1.165) is 22.3 Å². The Labute approximate surface area is 169 Å². The van der Waals surface area contributed by atoms with Crippen LogP contribution in [0.1, 0.15) is 26.3 Å². The Kier molecular flexibility index (Phi) is 4.56. The molecule has 142 valence electrons. The number of aromatic hydroxyl groups is 1. The van der Waals surface area contributed by atoms with Gasteiger partial charge in [0.25, 0.3) is 0 Å². The SMILES string of the molecule is CC(C)(C)c1ccc(N(c2cccc(O)c2Cl)c2coc3ccccc23)cc1. The summed E-state index contributed by atoms with van der Waals surface area (Å²) >= 11 is 6.49. The average Bonchev–Trinajstić information content (AvgIpc) is 3.09. The molecule has 0 aliphatic rings. The number of halogens is 1. The summed E-state index contributed by atoms with van der Waals surface area (Å²) in [6.45, 7) is 6.57. The zero-order valence-corrected chi connectivity index (χ0v) is 16.9. The van der Waals surface area contributed by atoms with E-state index in [1.807, 2.05) is 35.2 Å². The van der Waals surface area contributed by atoms with Crippen LogP contribution in [0.4, 0.5) is 17.1 Å². The number of hydrogen-bond donors (Lipinski definition) is 1. The zero-order chi connectivity index (χ0) is 19.9. The highest BCUT2D eigenvalue weighted by Crippen LogP contribution is 2.45. The second-order valence-electron chi connectivity index (χ2n) is 7.86. The Balaban J connectivity index is 1.93. The third kappa shape index (κ3) is 3.23. The summed E-state index contributed by atoms with van der Waals surface area (Å²) in [5, 5.41) is 11.4. The standard InChI is InChI=1S/C24H22ClNO2/c1-24(2,3)16-11-13-17(14-12-16)26(19-8-6-9-21(27)23(19)25)20-15-28-22-10-5-4-7-18(20)22/h4-15,27H,1-3H3. The number of benzene rings is 3. The van der Waals surface area contributed by atoms with Crippen LogP contribution < -0.4 is 4.90 Å². The van der Waals surface area contributed by atoms with Crippen molar-refractivity contribution in [1.29, 1.82) is 0 Å². The second-order valence-corrected chi connectivity index (χ2v) is 8.24. The van der Waals surface area contributed by atoms with Crippen molar-refractivity contribution in [1.82, 2.24) is 0 Å². The first-order valence-corrected chi connectivity index (χ1v) is 9.58. The molecule has 0 aliphatic heterocycles. The largest absolute Gasteiger partial charge is 0.506 e. The topological polar surface area (TPSA) is 36.6 Å². The summed E-state index contributed by atoms with van der Waals surface area (Å²) < 4.78 is 5.77. The molecule has 0 saturated heterocycles. The number of rotatable bonds is 3. The molecule has 1 aromatic heterocycles. The highest BCUT2D eigenvalue weighted by molar-refractivity contribution is 6.35. The smallest absolute Gasteiger partial charge is 0.136 e. The molecule has 1 N–H and O–H groups in total. The summed E-state index contributed by atoms with van der Waals surface area (Å²) in [6, 6.07) is 21.5. The lowest BCUT2D eigenvalue weighted by molar-refractivity contribution is 0.476. The molecule has 0 aliphatic carbocycles. The van der Waals surface area contributed by atoms with E-state index >= 15 is 0 Å². The molecule has 0 unspecified atom stereocenters. The first kappa shape index (κ1) is 18.5. The van der Waals surface area contributed by atoms with Gasteiger partial charge in [-0.3, -0.25) is 0 Å². The van der Waals surface area contributed by atoms with Gasteiger partial charge in [0.2, 0.25) is 0 Å². The van der Waals surface area contributed by atoms with Gasteiger partial charge in [-0.1, -0.05) is 62.7 Å². The monoisotopic (exact) mass is 391 g/mol. The van der Waals surface area contributed by atoms with Gasteiger partial charge in [-0.15, -0.1) is 0 Å². The Morgan fingerprint density at radius 1 is 0.857 bits per heavy atom. The fourth-order valence-corrected chi connectivity index (χ4v) is 3.55. The molecule has 4 rings (SSSR count). The summed E-state index contributed by atoms with van der Waals surface area (Å²) in [7, 11) is 0. The third-order valence-corrected chi connectivity index (χ3v) is 5.28. The van der Waals surface area contributed by atoms with Crippen molar-refractivity contribution >= 4 is 39.6 Å². The van der Waals surface area contributed by atoms with Gasteiger partial charge in [-0.25, -0.2) is 0 Å². The van der Waals surface area contributed by atoms with Crippen LogP contribution in [0.15, 0.2) is 77.4 Å². The zero-order valence-electron chi connectivity index (χ0n) is 16.1. The number of phenolic OH excluding ortho intramolecular Hbond substituents is 1. The van der Waals surface area contributed by atoms with Crippen LogP contribution in [-0.4, -0.2) is 5.11 Å². The van der Waals surface area contributed by atoms with Crippen LogP contribution in [0.2, 0.25) is 5.02 Å². The first-order valence-electron chi connectivity index (χ1n) is 9.20. The molecule has 28 heavy (non-hydrogen) atoms. The van der Waals surface area contributed by atoms with Gasteiger partial charge in [-0.05, 0) is 47.4 Å². The van der Waals surface area contributed by atoms with Crippen molar-refractivity contribution in [3.63, 3.8) is 0 Å². The predicted molar refractivity (Wildman–Crippen MR) is 116 cm³/mol. The molecule has 0 saturated carbocycles. The molecule has 0 atom stereocenters. The lowest BCUT2D eigenvalue weighted by Crippen LogP contribution is -2.13. The van der Waals surface area contributed by atoms with Gasteiger partial charge in [0, 0.05) is 11.1 Å². The van der Waals surface area contributed by atoms with Gasteiger partial charge in [0.15, 0.2) is 0 Å². The molecule has 4 heteroatoms. The summed E-state index contributed by atoms with van der Waals surface area (Å²) in [5.74, 6) is 0.0447. The van der Waals surface area contributed by atoms with Gasteiger partial charge in [0.05, 0.1) is 11.4 Å². The second kappa shape index (κ2) is 6.92. The van der Waals surface area contributed by atoms with Crippen molar-refractivity contribution in [3.8, 4) is 5.75 Å². The van der Waals surface area contributed by atoms with E-state index in [9.17, 15) is 5.11 Å². The van der Waals surface area contributed by atoms with Crippen LogP contribution in [0.3, 0.4) is 0 Å². The lowest BCUT2D eigenvalue weighted by Gasteiger charge is -2.26. The Morgan fingerprint density at radius 3 is 2.29 bits per heavy atom. The molecular formula is C24H22ClNO2. The molecule has 3 aromatic carbocycles. The van der Waals surface area contributed by atoms with E-state index in [1.165, 1.54) is 5.56 Å². The fourth-order valence-electron chi connectivity index (χ4n) is 3.34. The van der Waals surface area contributed by atoms with Gasteiger partial charge < -0.3 is 14.4 Å². The molecule has 0 spiro atoms. The molecule has 1 heterocycles. The number of anilines is 3. The van der Waals surface area contributed by atoms with Crippen LogP contribution in [-0.2, 0) is 5.41 Å². The van der Waals surface area contributed by atoms with Crippen LogP contribution in [0.25, 0.3) is 11.0 Å². The Hall–Kier alpha value is -2.91. The van der Waals surface area contributed by atoms with E-state index in [0.29, 0.717) is 10.7 Å². The third-order valence-electron chi connectivity index (χ3n) is 4.89. The minimum absolute atomic E-state index is 0.0447. The molecule has 0 amide bonds. The molecule has 0 radical (unpaired) electrons. The molecular weight excluding hydrogens is 370 g/mol. The quantitative estimate of drug-likeness (QED) is 0.391. The van der Waals surface area contributed by atoms with E-state index < -0.39 is 0 Å². The predicted octanol–water partition coefficient (Wildman–Crippen LogP) is 7.56. The molecule has 3 nitrogen and oxygen atoms in total. The Bertz CT molecular complexity index is 1120. The van der Waals surface area contributed by atoms with Gasteiger partial charge in [0.1, 0.15) is 22.6 Å². The highest BCUT2D eigenvalue weighted by atomic mass is 35.5. The van der Waals surface area contributed by atoms with E-state index in [-0.39, 0.29) is 11.2 Å². The number of nitrogens with zero attached hydrogens (tertiary/aromatic N) is 1. The van der Waals surface area contributed by atoms with Crippen molar-refractivity contribution in [2.24, 2.45) is 0 Å².